The normalized spacial score (nSPS) is 12.6. The summed E-state index contributed by atoms with van der Waals surface area (Å²) >= 11 is 0. The van der Waals surface area contributed by atoms with Crippen LogP contribution < -0.4 is 5.32 Å². The Labute approximate surface area is 102 Å². The highest BCUT2D eigenvalue weighted by Gasteiger charge is 2.15. The Kier molecular flexibility index (Phi) is 3.94. The quantitative estimate of drug-likeness (QED) is 0.858. The summed E-state index contributed by atoms with van der Waals surface area (Å²) in [6.07, 6.45) is 2.67. The maximum atomic E-state index is 5.68. The monoisotopic (exact) mass is 230 g/mol. The van der Waals surface area contributed by atoms with E-state index in [9.17, 15) is 0 Å². The molecule has 17 heavy (non-hydrogen) atoms. The molecule has 2 heterocycles. The van der Waals surface area contributed by atoms with Crippen LogP contribution in [0.25, 0.3) is 0 Å². The van der Waals surface area contributed by atoms with Gasteiger partial charge in [-0.2, -0.15) is 0 Å². The fourth-order valence-corrected chi connectivity index (χ4v) is 1.89. The third-order valence-corrected chi connectivity index (χ3v) is 2.69. The number of likely N-dealkylation sites (N-methyl/N-ethyl adjacent to an activating group) is 1. The Morgan fingerprint density at radius 1 is 1.29 bits per heavy atom. The molecule has 2 rings (SSSR count). The second-order valence-corrected chi connectivity index (χ2v) is 4.08. The van der Waals surface area contributed by atoms with Crippen LogP contribution in [0.5, 0.6) is 0 Å². The molecule has 0 spiro atoms. The van der Waals surface area contributed by atoms with Gasteiger partial charge in [-0.05, 0) is 37.7 Å². The van der Waals surface area contributed by atoms with Gasteiger partial charge in [-0.3, -0.25) is 4.98 Å². The lowest BCUT2D eigenvalue weighted by atomic mass is 10.1. The first-order chi connectivity index (χ1) is 8.29. The third kappa shape index (κ3) is 3.17. The first-order valence-corrected chi connectivity index (χ1v) is 5.99. The molecule has 0 aliphatic rings. The fraction of sp³-hybridized carbons (Fsp3) is 0.357. The van der Waals surface area contributed by atoms with Crippen LogP contribution in [0.4, 0.5) is 0 Å². The van der Waals surface area contributed by atoms with Crippen LogP contribution in [0.15, 0.2) is 40.9 Å². The molecule has 1 N–H and O–H groups in total. The minimum atomic E-state index is 0.198. The van der Waals surface area contributed by atoms with Gasteiger partial charge in [0.05, 0.1) is 6.04 Å². The van der Waals surface area contributed by atoms with Crippen LogP contribution in [-0.4, -0.2) is 11.5 Å². The highest BCUT2D eigenvalue weighted by atomic mass is 16.3. The van der Waals surface area contributed by atoms with E-state index >= 15 is 0 Å². The van der Waals surface area contributed by atoms with Gasteiger partial charge < -0.3 is 9.73 Å². The van der Waals surface area contributed by atoms with Crippen LogP contribution in [0, 0.1) is 6.92 Å². The van der Waals surface area contributed by atoms with E-state index in [2.05, 4.69) is 17.2 Å². The molecule has 0 saturated carbocycles. The van der Waals surface area contributed by atoms with Crippen molar-refractivity contribution in [3.05, 3.63) is 53.7 Å². The summed E-state index contributed by atoms with van der Waals surface area (Å²) < 4.78 is 5.68. The molecule has 0 aliphatic carbocycles. The smallest absolute Gasteiger partial charge is 0.121 e. The molecule has 3 nitrogen and oxygen atoms in total. The van der Waals surface area contributed by atoms with Gasteiger partial charge in [0.2, 0.25) is 0 Å². The minimum absolute atomic E-state index is 0.198. The molecule has 2 aromatic heterocycles. The second kappa shape index (κ2) is 5.64. The number of aryl methyl sites for hydroxylation is 1. The molecule has 0 saturated heterocycles. The summed E-state index contributed by atoms with van der Waals surface area (Å²) in [6, 6.07) is 10.2. The van der Waals surface area contributed by atoms with Crippen molar-refractivity contribution in [3.8, 4) is 0 Å². The summed E-state index contributed by atoms with van der Waals surface area (Å²) in [5.74, 6) is 1.93. The number of aromatic nitrogens is 1. The van der Waals surface area contributed by atoms with Gasteiger partial charge in [0.25, 0.3) is 0 Å². The second-order valence-electron chi connectivity index (χ2n) is 4.08. The van der Waals surface area contributed by atoms with E-state index in [1.807, 2.05) is 43.5 Å². The van der Waals surface area contributed by atoms with Crippen molar-refractivity contribution in [2.75, 3.05) is 6.54 Å². The summed E-state index contributed by atoms with van der Waals surface area (Å²) in [6.45, 7) is 4.98. The Balaban J connectivity index is 2.13. The molecule has 0 bridgehead atoms. The zero-order valence-corrected chi connectivity index (χ0v) is 10.3. The average Bonchev–Trinajstić information content (AvgIpc) is 2.77. The number of rotatable bonds is 5. The maximum absolute atomic E-state index is 5.68. The zero-order valence-electron chi connectivity index (χ0n) is 10.3. The van der Waals surface area contributed by atoms with Gasteiger partial charge in [0, 0.05) is 18.3 Å². The maximum Gasteiger partial charge on any atom is 0.121 e. The molecule has 2 aromatic rings. The summed E-state index contributed by atoms with van der Waals surface area (Å²) in [5, 5.41) is 3.43. The first kappa shape index (κ1) is 11.9. The molecule has 1 atom stereocenters. The van der Waals surface area contributed by atoms with Crippen LogP contribution in [0.3, 0.4) is 0 Å². The number of hydrogen-bond acceptors (Lipinski definition) is 3. The van der Waals surface area contributed by atoms with Crippen molar-refractivity contribution in [1.82, 2.24) is 10.3 Å². The lowest BCUT2D eigenvalue weighted by Crippen LogP contribution is -2.22. The van der Waals surface area contributed by atoms with Gasteiger partial charge in [-0.1, -0.05) is 13.0 Å². The Hall–Kier alpha value is -1.61. The summed E-state index contributed by atoms with van der Waals surface area (Å²) in [5.41, 5.74) is 1.08. The Morgan fingerprint density at radius 2 is 2.18 bits per heavy atom. The number of nitrogens with zero attached hydrogens (tertiary/aromatic N) is 1. The van der Waals surface area contributed by atoms with E-state index in [-0.39, 0.29) is 6.04 Å². The number of nitrogens with one attached hydrogen (secondary N) is 1. The number of hydrogen-bond donors (Lipinski definition) is 1. The van der Waals surface area contributed by atoms with Crippen LogP contribution in [0.2, 0.25) is 0 Å². The van der Waals surface area contributed by atoms with E-state index in [0.29, 0.717) is 0 Å². The highest BCUT2D eigenvalue weighted by Crippen LogP contribution is 2.19. The predicted octanol–water partition coefficient (Wildman–Crippen LogP) is 2.88. The van der Waals surface area contributed by atoms with Crippen LogP contribution in [0.1, 0.15) is 30.2 Å². The molecule has 90 valence electrons. The number of pyridine rings is 1. The SMILES string of the molecule is CCNC(Cc1ccccn1)c1ccc(C)o1. The van der Waals surface area contributed by atoms with Crippen molar-refractivity contribution in [3.63, 3.8) is 0 Å². The standard InChI is InChI=1S/C14H18N2O/c1-3-15-13(14-8-7-11(2)17-14)10-12-6-4-5-9-16-12/h4-9,13,15H,3,10H2,1-2H3. The van der Waals surface area contributed by atoms with E-state index in [0.717, 1.165) is 30.2 Å². The van der Waals surface area contributed by atoms with Crippen molar-refractivity contribution < 1.29 is 4.42 Å². The van der Waals surface area contributed by atoms with E-state index < -0.39 is 0 Å². The molecule has 0 radical (unpaired) electrons. The lowest BCUT2D eigenvalue weighted by Gasteiger charge is -2.14. The number of furan rings is 1. The average molecular weight is 230 g/mol. The fourth-order valence-electron chi connectivity index (χ4n) is 1.89. The minimum Gasteiger partial charge on any atom is -0.465 e. The Morgan fingerprint density at radius 3 is 2.76 bits per heavy atom. The molecule has 0 aliphatic heterocycles. The molecule has 0 aromatic carbocycles. The van der Waals surface area contributed by atoms with Crippen molar-refractivity contribution in [2.24, 2.45) is 0 Å². The predicted molar refractivity (Wildman–Crippen MR) is 67.8 cm³/mol. The van der Waals surface area contributed by atoms with Gasteiger partial charge in [0.1, 0.15) is 11.5 Å². The molecule has 0 amide bonds. The molecule has 3 heteroatoms. The molecular formula is C14H18N2O. The van der Waals surface area contributed by atoms with Crippen molar-refractivity contribution in [2.45, 2.75) is 26.3 Å². The third-order valence-electron chi connectivity index (χ3n) is 2.69. The largest absolute Gasteiger partial charge is 0.465 e. The highest BCUT2D eigenvalue weighted by molar-refractivity contribution is 5.14. The van der Waals surface area contributed by atoms with E-state index in [1.165, 1.54) is 0 Å². The summed E-state index contributed by atoms with van der Waals surface area (Å²) in [7, 11) is 0. The summed E-state index contributed by atoms with van der Waals surface area (Å²) in [4.78, 5) is 4.35. The Bertz CT molecular complexity index is 450. The van der Waals surface area contributed by atoms with Gasteiger partial charge in [-0.25, -0.2) is 0 Å². The molecule has 0 fully saturated rings. The topological polar surface area (TPSA) is 38.1 Å². The van der Waals surface area contributed by atoms with E-state index in [1.54, 1.807) is 0 Å². The first-order valence-electron chi connectivity index (χ1n) is 5.99. The van der Waals surface area contributed by atoms with Crippen LogP contribution in [-0.2, 0) is 6.42 Å². The van der Waals surface area contributed by atoms with E-state index in [4.69, 9.17) is 4.42 Å². The molecule has 1 unspecified atom stereocenters. The van der Waals surface area contributed by atoms with Crippen molar-refractivity contribution >= 4 is 0 Å². The molecular weight excluding hydrogens is 212 g/mol. The lowest BCUT2D eigenvalue weighted by molar-refractivity contribution is 0.401. The van der Waals surface area contributed by atoms with Gasteiger partial charge >= 0.3 is 0 Å². The van der Waals surface area contributed by atoms with Gasteiger partial charge in [-0.15, -0.1) is 0 Å². The van der Waals surface area contributed by atoms with Gasteiger partial charge in [0.15, 0.2) is 0 Å². The zero-order chi connectivity index (χ0) is 12.1. The van der Waals surface area contributed by atoms with Crippen LogP contribution >= 0.6 is 0 Å². The van der Waals surface area contributed by atoms with Crippen molar-refractivity contribution in [1.29, 1.82) is 0 Å².